The van der Waals surface area contributed by atoms with Crippen molar-refractivity contribution in [3.8, 4) is 11.5 Å². The lowest BCUT2D eigenvalue weighted by molar-refractivity contribution is -0.113. The maximum absolute atomic E-state index is 13.1. The minimum Gasteiger partial charge on any atom is -0.490 e. The van der Waals surface area contributed by atoms with E-state index in [2.05, 4.69) is 0 Å². The summed E-state index contributed by atoms with van der Waals surface area (Å²) < 4.78 is 25.2. The largest absolute Gasteiger partial charge is 0.490 e. The van der Waals surface area contributed by atoms with Crippen molar-refractivity contribution in [2.75, 3.05) is 11.5 Å². The van der Waals surface area contributed by atoms with Gasteiger partial charge in [0, 0.05) is 5.02 Å². The Bertz CT molecular complexity index is 1230. The predicted molar refractivity (Wildman–Crippen MR) is 135 cm³/mol. The molecule has 0 aliphatic carbocycles. The van der Waals surface area contributed by atoms with E-state index in [4.69, 9.17) is 33.3 Å². The average molecular weight is 500 g/mol. The Morgan fingerprint density at radius 3 is 2.58 bits per heavy atom. The predicted octanol–water partition coefficient (Wildman–Crippen LogP) is 6.86. The smallest absolute Gasteiger partial charge is 0.270 e. The summed E-state index contributed by atoms with van der Waals surface area (Å²) in [5.41, 5.74) is 2.25. The van der Waals surface area contributed by atoms with Gasteiger partial charge in [-0.1, -0.05) is 59.8 Å². The highest BCUT2D eigenvalue weighted by Gasteiger charge is 2.33. The van der Waals surface area contributed by atoms with Crippen LogP contribution in [0.3, 0.4) is 0 Å². The summed E-state index contributed by atoms with van der Waals surface area (Å²) in [4.78, 5) is 15.0. The number of hydrogen-bond acceptors (Lipinski definition) is 5. The van der Waals surface area contributed by atoms with Crippen molar-refractivity contribution >= 4 is 57.6 Å². The van der Waals surface area contributed by atoms with Crippen LogP contribution >= 0.6 is 35.6 Å². The fourth-order valence-corrected chi connectivity index (χ4v) is 4.68. The molecule has 0 saturated carbocycles. The number of benzene rings is 3. The molecule has 1 aliphatic rings. The zero-order valence-electron chi connectivity index (χ0n) is 17.6. The Kier molecular flexibility index (Phi) is 7.33. The summed E-state index contributed by atoms with van der Waals surface area (Å²) >= 11 is 12.7. The molecule has 3 aromatic carbocycles. The van der Waals surface area contributed by atoms with Gasteiger partial charge in [-0.15, -0.1) is 0 Å². The number of amides is 1. The van der Waals surface area contributed by atoms with Crippen molar-refractivity contribution in [2.45, 2.75) is 13.5 Å². The van der Waals surface area contributed by atoms with Crippen molar-refractivity contribution in [1.82, 2.24) is 0 Å². The zero-order valence-corrected chi connectivity index (χ0v) is 20.0. The van der Waals surface area contributed by atoms with Crippen LogP contribution in [0.1, 0.15) is 18.1 Å². The van der Waals surface area contributed by atoms with E-state index in [1.807, 2.05) is 19.1 Å². The van der Waals surface area contributed by atoms with Crippen LogP contribution in [0.15, 0.2) is 71.6 Å². The van der Waals surface area contributed by atoms with E-state index in [0.29, 0.717) is 38.0 Å². The van der Waals surface area contributed by atoms with Crippen LogP contribution in [0, 0.1) is 5.82 Å². The number of ether oxygens (including phenoxy) is 2. The molecule has 4 nitrogen and oxygen atoms in total. The number of carbonyl (C=O) groups is 1. The summed E-state index contributed by atoms with van der Waals surface area (Å²) in [6.07, 6.45) is 1.77. The number of anilines is 1. The molecule has 4 rings (SSSR count). The molecule has 1 amide bonds. The minimum absolute atomic E-state index is 0.207. The van der Waals surface area contributed by atoms with Crippen LogP contribution in [-0.4, -0.2) is 16.8 Å². The highest BCUT2D eigenvalue weighted by Crippen LogP contribution is 2.38. The first-order chi connectivity index (χ1) is 15.9. The molecular formula is C25H19ClFNO3S2. The summed E-state index contributed by atoms with van der Waals surface area (Å²) in [6.45, 7) is 2.61. The normalized spacial score (nSPS) is 14.8. The number of hydrogen-bond donors (Lipinski definition) is 0. The minimum atomic E-state index is -0.293. The second kappa shape index (κ2) is 10.4. The first-order valence-electron chi connectivity index (χ1n) is 10.1. The van der Waals surface area contributed by atoms with Crippen molar-refractivity contribution in [3.05, 3.63) is 93.6 Å². The molecule has 1 heterocycles. The van der Waals surface area contributed by atoms with E-state index in [0.717, 1.165) is 11.1 Å². The van der Waals surface area contributed by atoms with E-state index in [1.54, 1.807) is 48.5 Å². The van der Waals surface area contributed by atoms with Crippen LogP contribution in [0.2, 0.25) is 5.02 Å². The van der Waals surface area contributed by atoms with Crippen LogP contribution in [0.5, 0.6) is 11.5 Å². The molecule has 0 bridgehead atoms. The third-order valence-corrected chi connectivity index (χ3v) is 6.27. The Morgan fingerprint density at radius 1 is 1.06 bits per heavy atom. The maximum atomic E-state index is 13.1. The van der Waals surface area contributed by atoms with E-state index in [-0.39, 0.29) is 18.3 Å². The monoisotopic (exact) mass is 499 g/mol. The summed E-state index contributed by atoms with van der Waals surface area (Å²) in [6, 6.07) is 18.6. The number of carbonyl (C=O) groups excluding carboxylic acids is 1. The zero-order chi connectivity index (χ0) is 23.4. The fraction of sp³-hybridized carbons (Fsp3) is 0.120. The molecule has 0 aromatic heterocycles. The lowest BCUT2D eigenvalue weighted by Crippen LogP contribution is -2.27. The summed E-state index contributed by atoms with van der Waals surface area (Å²) in [7, 11) is 0. The van der Waals surface area contributed by atoms with Gasteiger partial charge >= 0.3 is 0 Å². The van der Waals surface area contributed by atoms with E-state index < -0.39 is 0 Å². The average Bonchev–Trinajstić information content (AvgIpc) is 3.07. The molecule has 0 spiro atoms. The Balaban J connectivity index is 1.55. The van der Waals surface area contributed by atoms with Gasteiger partial charge in [-0.05, 0) is 66.6 Å². The standard InChI is InChI=1S/C25H19ClFNO3S2/c1-2-30-22-12-17(8-11-21(22)31-15-16-6-9-19(27)10-7-16)13-23-24(29)28(25(32)33-23)20-5-3-4-18(26)14-20/h3-14H,2,15H2,1H3/b23-13+. The molecule has 1 aliphatic heterocycles. The number of thiocarbonyl (C=S) groups is 1. The quantitative estimate of drug-likeness (QED) is 0.262. The number of rotatable bonds is 7. The van der Waals surface area contributed by atoms with Crippen molar-refractivity contribution in [1.29, 1.82) is 0 Å². The van der Waals surface area contributed by atoms with Gasteiger partial charge in [0.1, 0.15) is 12.4 Å². The summed E-state index contributed by atoms with van der Waals surface area (Å²) in [5.74, 6) is 0.615. The molecule has 0 radical (unpaired) electrons. The van der Waals surface area contributed by atoms with Gasteiger partial charge in [-0.25, -0.2) is 4.39 Å². The third kappa shape index (κ3) is 5.55. The van der Waals surface area contributed by atoms with E-state index >= 15 is 0 Å². The first kappa shape index (κ1) is 23.3. The lowest BCUT2D eigenvalue weighted by atomic mass is 10.1. The van der Waals surface area contributed by atoms with E-state index in [1.165, 1.54) is 28.8 Å². The molecule has 1 fully saturated rings. The molecule has 0 N–H and O–H groups in total. The molecule has 0 unspecified atom stereocenters. The van der Waals surface area contributed by atoms with Crippen LogP contribution in [-0.2, 0) is 11.4 Å². The third-order valence-electron chi connectivity index (χ3n) is 4.73. The molecular weight excluding hydrogens is 481 g/mol. The number of thioether (sulfide) groups is 1. The highest BCUT2D eigenvalue weighted by atomic mass is 35.5. The number of nitrogens with zero attached hydrogens (tertiary/aromatic N) is 1. The van der Waals surface area contributed by atoms with Gasteiger partial charge in [0.15, 0.2) is 15.8 Å². The van der Waals surface area contributed by atoms with Crippen molar-refractivity contribution in [2.24, 2.45) is 0 Å². The highest BCUT2D eigenvalue weighted by molar-refractivity contribution is 8.27. The fourth-order valence-electron chi connectivity index (χ4n) is 3.20. The second-order valence-electron chi connectivity index (χ2n) is 7.05. The van der Waals surface area contributed by atoms with Crippen LogP contribution < -0.4 is 14.4 Å². The van der Waals surface area contributed by atoms with Crippen molar-refractivity contribution in [3.63, 3.8) is 0 Å². The number of halogens is 2. The molecule has 8 heteroatoms. The summed E-state index contributed by atoms with van der Waals surface area (Å²) in [5, 5.41) is 0.531. The molecule has 0 atom stereocenters. The maximum Gasteiger partial charge on any atom is 0.270 e. The first-order valence-corrected chi connectivity index (χ1v) is 11.7. The van der Waals surface area contributed by atoms with Crippen LogP contribution in [0.4, 0.5) is 10.1 Å². The SMILES string of the molecule is CCOc1cc(/C=C2/SC(=S)N(c3cccc(Cl)c3)C2=O)ccc1OCc1ccc(F)cc1. The second-order valence-corrected chi connectivity index (χ2v) is 9.16. The molecule has 33 heavy (non-hydrogen) atoms. The lowest BCUT2D eigenvalue weighted by Gasteiger charge is -2.14. The molecule has 168 valence electrons. The van der Waals surface area contributed by atoms with Crippen molar-refractivity contribution < 1.29 is 18.7 Å². The van der Waals surface area contributed by atoms with Gasteiger partial charge in [-0.3, -0.25) is 9.69 Å². The van der Waals surface area contributed by atoms with Gasteiger partial charge in [0.05, 0.1) is 17.2 Å². The topological polar surface area (TPSA) is 38.8 Å². The van der Waals surface area contributed by atoms with E-state index in [9.17, 15) is 9.18 Å². The molecule has 3 aromatic rings. The van der Waals surface area contributed by atoms with Gasteiger partial charge < -0.3 is 9.47 Å². The molecule has 1 saturated heterocycles. The van der Waals surface area contributed by atoms with Gasteiger partial charge in [0.25, 0.3) is 5.91 Å². The Morgan fingerprint density at radius 2 is 1.85 bits per heavy atom. The van der Waals surface area contributed by atoms with Crippen LogP contribution in [0.25, 0.3) is 6.08 Å². The Hall–Kier alpha value is -2.87. The van der Waals surface area contributed by atoms with Gasteiger partial charge in [-0.2, -0.15) is 0 Å². The van der Waals surface area contributed by atoms with Gasteiger partial charge in [0.2, 0.25) is 0 Å². The Labute approximate surface area is 206 Å².